The number of hydrogen-bond donors (Lipinski definition) is 3. The predicted molar refractivity (Wildman–Crippen MR) is 64.6 cm³/mol. The Hall–Kier alpha value is -1.38. The highest BCUT2D eigenvalue weighted by molar-refractivity contribution is 5.75. The van der Waals surface area contributed by atoms with Gasteiger partial charge in [-0.3, -0.25) is 9.69 Å². The second kappa shape index (κ2) is 5.72. The molecule has 0 aromatic heterocycles. The van der Waals surface area contributed by atoms with Crippen LogP contribution in [0.4, 0.5) is 4.79 Å². The van der Waals surface area contributed by atoms with E-state index >= 15 is 0 Å². The molecule has 0 radical (unpaired) electrons. The second-order valence-corrected chi connectivity index (χ2v) is 4.98. The lowest BCUT2D eigenvalue weighted by molar-refractivity contribution is -0.138. The van der Waals surface area contributed by atoms with Gasteiger partial charge in [-0.05, 0) is 0 Å². The van der Waals surface area contributed by atoms with Crippen LogP contribution in [-0.4, -0.2) is 100 Å². The van der Waals surface area contributed by atoms with Crippen molar-refractivity contribution in [3.8, 4) is 0 Å². The minimum Gasteiger partial charge on any atom is -0.480 e. The molecule has 0 aliphatic carbocycles. The molecular weight excluding hydrogens is 254 g/mol. The van der Waals surface area contributed by atoms with Gasteiger partial charge in [-0.25, -0.2) is 4.79 Å². The van der Waals surface area contributed by atoms with Gasteiger partial charge < -0.3 is 25.1 Å². The van der Waals surface area contributed by atoms with Crippen LogP contribution in [0.15, 0.2) is 0 Å². The number of aliphatic hydroxyl groups is 2. The fourth-order valence-corrected chi connectivity index (χ4v) is 2.41. The van der Waals surface area contributed by atoms with Crippen molar-refractivity contribution in [3.05, 3.63) is 0 Å². The molecule has 2 atom stereocenters. The van der Waals surface area contributed by atoms with E-state index in [-0.39, 0.29) is 25.7 Å². The molecular formula is C11H19N3O5. The topological polar surface area (TPSA) is 105 Å². The normalized spacial score (nSPS) is 28.7. The number of aliphatic hydroxyl groups excluding tert-OH is 2. The first-order valence-electron chi connectivity index (χ1n) is 6.31. The van der Waals surface area contributed by atoms with E-state index in [1.807, 2.05) is 0 Å². The first kappa shape index (κ1) is 14.0. The Morgan fingerprint density at radius 2 is 1.47 bits per heavy atom. The molecule has 8 nitrogen and oxygen atoms in total. The second-order valence-electron chi connectivity index (χ2n) is 4.98. The van der Waals surface area contributed by atoms with Crippen LogP contribution in [0.25, 0.3) is 0 Å². The smallest absolute Gasteiger partial charge is 0.320 e. The molecule has 19 heavy (non-hydrogen) atoms. The summed E-state index contributed by atoms with van der Waals surface area (Å²) in [6.45, 7) is 2.27. The average molecular weight is 273 g/mol. The van der Waals surface area contributed by atoms with Crippen molar-refractivity contribution in [3.63, 3.8) is 0 Å². The molecule has 108 valence electrons. The first-order valence-corrected chi connectivity index (χ1v) is 6.31. The molecule has 2 amide bonds. The number of piperazine rings is 1. The van der Waals surface area contributed by atoms with Crippen molar-refractivity contribution in [2.45, 2.75) is 12.2 Å². The summed E-state index contributed by atoms with van der Waals surface area (Å²) in [4.78, 5) is 27.5. The van der Waals surface area contributed by atoms with Crippen LogP contribution in [0.3, 0.4) is 0 Å². The number of aliphatic carboxylic acids is 1. The number of hydrogen-bond acceptors (Lipinski definition) is 5. The maximum Gasteiger partial charge on any atom is 0.320 e. The lowest BCUT2D eigenvalue weighted by atomic mass is 10.3. The fourth-order valence-electron chi connectivity index (χ4n) is 2.41. The Morgan fingerprint density at radius 1 is 0.947 bits per heavy atom. The monoisotopic (exact) mass is 273 g/mol. The highest BCUT2D eigenvalue weighted by Gasteiger charge is 2.35. The molecule has 2 rings (SSSR count). The summed E-state index contributed by atoms with van der Waals surface area (Å²) in [6.07, 6.45) is -1.76. The van der Waals surface area contributed by atoms with Crippen LogP contribution >= 0.6 is 0 Å². The number of carbonyl (C=O) groups excluding carboxylic acids is 1. The number of likely N-dealkylation sites (tertiary alicyclic amines) is 1. The van der Waals surface area contributed by atoms with Crippen molar-refractivity contribution >= 4 is 12.0 Å². The van der Waals surface area contributed by atoms with Gasteiger partial charge in [0.2, 0.25) is 0 Å². The number of rotatable bonds is 2. The van der Waals surface area contributed by atoms with Crippen molar-refractivity contribution < 1.29 is 24.9 Å². The van der Waals surface area contributed by atoms with Crippen LogP contribution in [0.5, 0.6) is 0 Å². The van der Waals surface area contributed by atoms with Gasteiger partial charge in [-0.1, -0.05) is 0 Å². The average Bonchev–Trinajstić information content (AvgIpc) is 2.69. The van der Waals surface area contributed by atoms with Gasteiger partial charge in [0.15, 0.2) is 0 Å². The number of urea groups is 1. The number of carbonyl (C=O) groups is 2. The van der Waals surface area contributed by atoms with E-state index < -0.39 is 18.2 Å². The third kappa shape index (κ3) is 3.34. The molecule has 0 spiro atoms. The minimum atomic E-state index is -0.878. The number of carboxylic acid groups (broad SMARTS) is 1. The summed E-state index contributed by atoms with van der Waals surface area (Å²) >= 11 is 0. The lowest BCUT2D eigenvalue weighted by Gasteiger charge is -2.35. The number of β-amino-alcohol motifs (C(OH)–C–C–N with tert-alkyl or cyclic N) is 2. The molecule has 2 saturated heterocycles. The molecule has 0 aromatic rings. The molecule has 0 saturated carbocycles. The molecule has 8 heteroatoms. The summed E-state index contributed by atoms with van der Waals surface area (Å²) in [5, 5.41) is 27.5. The molecule has 0 bridgehead atoms. The number of amides is 2. The molecule has 2 heterocycles. The van der Waals surface area contributed by atoms with Crippen LogP contribution in [0.1, 0.15) is 0 Å². The van der Waals surface area contributed by atoms with Crippen LogP contribution in [-0.2, 0) is 4.79 Å². The Bertz CT molecular complexity index is 346. The zero-order valence-corrected chi connectivity index (χ0v) is 10.6. The summed E-state index contributed by atoms with van der Waals surface area (Å²) in [5.74, 6) is -0.870. The quantitative estimate of drug-likeness (QED) is 0.530. The SMILES string of the molecule is O=C(O)CN1CCN(C(=O)N2CC(O)C(O)C2)CC1. The lowest BCUT2D eigenvalue weighted by Crippen LogP contribution is -2.53. The van der Waals surface area contributed by atoms with Crippen molar-refractivity contribution in [1.82, 2.24) is 14.7 Å². The third-order valence-electron chi connectivity index (χ3n) is 3.53. The van der Waals surface area contributed by atoms with Gasteiger partial charge in [-0.2, -0.15) is 0 Å². The van der Waals surface area contributed by atoms with Gasteiger partial charge in [-0.15, -0.1) is 0 Å². The highest BCUT2D eigenvalue weighted by Crippen LogP contribution is 2.13. The summed E-state index contributed by atoms with van der Waals surface area (Å²) in [5.41, 5.74) is 0. The van der Waals surface area contributed by atoms with E-state index in [9.17, 15) is 19.8 Å². The van der Waals surface area contributed by atoms with Gasteiger partial charge >= 0.3 is 12.0 Å². The van der Waals surface area contributed by atoms with E-state index in [0.29, 0.717) is 26.2 Å². The number of nitrogens with zero attached hydrogens (tertiary/aromatic N) is 3. The van der Waals surface area contributed by atoms with Gasteiger partial charge in [0.25, 0.3) is 0 Å². The van der Waals surface area contributed by atoms with Crippen molar-refractivity contribution in [2.24, 2.45) is 0 Å². The Morgan fingerprint density at radius 3 is 1.95 bits per heavy atom. The molecule has 3 N–H and O–H groups in total. The number of carboxylic acids is 1. The first-order chi connectivity index (χ1) is 8.97. The summed E-state index contributed by atoms with van der Waals surface area (Å²) in [7, 11) is 0. The molecule has 0 aromatic carbocycles. The van der Waals surface area contributed by atoms with Crippen molar-refractivity contribution in [1.29, 1.82) is 0 Å². The van der Waals surface area contributed by atoms with Gasteiger partial charge in [0.1, 0.15) is 0 Å². The van der Waals surface area contributed by atoms with E-state index in [0.717, 1.165) is 0 Å². The van der Waals surface area contributed by atoms with Crippen LogP contribution in [0, 0.1) is 0 Å². The van der Waals surface area contributed by atoms with E-state index in [1.54, 1.807) is 9.80 Å². The molecule has 2 aliphatic rings. The maximum atomic E-state index is 12.1. The minimum absolute atomic E-state index is 0.0107. The zero-order chi connectivity index (χ0) is 14.0. The van der Waals surface area contributed by atoms with Gasteiger partial charge in [0.05, 0.1) is 31.8 Å². The maximum absolute atomic E-state index is 12.1. The largest absolute Gasteiger partial charge is 0.480 e. The van der Waals surface area contributed by atoms with Crippen molar-refractivity contribution in [2.75, 3.05) is 45.8 Å². The van der Waals surface area contributed by atoms with Gasteiger partial charge in [0, 0.05) is 26.2 Å². The van der Waals surface area contributed by atoms with E-state index in [1.165, 1.54) is 4.90 Å². The summed E-state index contributed by atoms with van der Waals surface area (Å²) < 4.78 is 0. The Kier molecular flexibility index (Phi) is 4.23. The van der Waals surface area contributed by atoms with E-state index in [4.69, 9.17) is 5.11 Å². The zero-order valence-electron chi connectivity index (χ0n) is 10.6. The van der Waals surface area contributed by atoms with E-state index in [2.05, 4.69) is 0 Å². The Balaban J connectivity index is 1.81. The molecule has 2 fully saturated rings. The van der Waals surface area contributed by atoms with Crippen LogP contribution in [0.2, 0.25) is 0 Å². The highest BCUT2D eigenvalue weighted by atomic mass is 16.4. The van der Waals surface area contributed by atoms with Crippen LogP contribution < -0.4 is 0 Å². The predicted octanol–water partition coefficient (Wildman–Crippen LogP) is -2.15. The summed E-state index contributed by atoms with van der Waals surface area (Å²) in [6, 6.07) is -0.203. The third-order valence-corrected chi connectivity index (χ3v) is 3.53. The molecule has 2 aliphatic heterocycles. The standard InChI is InChI=1S/C11H19N3O5/c15-8-5-14(6-9(8)16)11(19)13-3-1-12(2-4-13)7-10(17)18/h8-9,15-16H,1-7H2,(H,17,18). The fraction of sp³-hybridized carbons (Fsp3) is 0.818. The Labute approximate surface area is 110 Å². The molecule has 2 unspecified atom stereocenters.